The van der Waals surface area contributed by atoms with Crippen molar-refractivity contribution < 1.29 is 14.3 Å². The number of hydrogen-bond acceptors (Lipinski definition) is 5. The van der Waals surface area contributed by atoms with Crippen LogP contribution in [0.3, 0.4) is 0 Å². The molecule has 0 unspecified atom stereocenters. The number of rotatable bonds is 9. The second-order valence-electron chi connectivity index (χ2n) is 5.37. The minimum atomic E-state index is -0.206. The number of ether oxygens (including phenoxy) is 2. The van der Waals surface area contributed by atoms with E-state index in [-0.39, 0.29) is 5.97 Å². The van der Waals surface area contributed by atoms with Crippen LogP contribution in [0.1, 0.15) is 25.7 Å². The van der Waals surface area contributed by atoms with E-state index in [1.807, 2.05) is 24.3 Å². The van der Waals surface area contributed by atoms with Gasteiger partial charge in [0.25, 0.3) is 0 Å². The number of carbonyl (C=O) groups excluding carboxylic acids is 1. The van der Waals surface area contributed by atoms with Crippen molar-refractivity contribution in [3.63, 3.8) is 0 Å². The standard InChI is InChI=1S/C19H21BrN2O3/c1-24-17-10-6-15(7-11-17)21-22-16-8-12-18(13-9-16)25-19(23)5-3-2-4-14-20/h6-13H,2-5,14H2,1H3. The number of carbonyl (C=O) groups is 1. The van der Waals surface area contributed by atoms with E-state index in [1.54, 1.807) is 31.4 Å². The lowest BCUT2D eigenvalue weighted by atomic mass is 10.2. The number of esters is 1. The third-order valence-corrected chi connectivity index (χ3v) is 4.00. The van der Waals surface area contributed by atoms with Gasteiger partial charge >= 0.3 is 5.97 Å². The van der Waals surface area contributed by atoms with Gasteiger partial charge in [-0.3, -0.25) is 4.79 Å². The number of azo groups is 1. The quantitative estimate of drug-likeness (QED) is 0.170. The van der Waals surface area contributed by atoms with Crippen LogP contribution in [0.15, 0.2) is 58.8 Å². The number of benzene rings is 2. The zero-order chi connectivity index (χ0) is 17.9. The van der Waals surface area contributed by atoms with Crippen molar-refractivity contribution in [2.24, 2.45) is 10.2 Å². The predicted octanol–water partition coefficient (Wildman–Crippen LogP) is 5.97. The van der Waals surface area contributed by atoms with Crippen molar-refractivity contribution in [2.75, 3.05) is 12.4 Å². The van der Waals surface area contributed by atoms with Gasteiger partial charge in [0, 0.05) is 11.8 Å². The fourth-order valence-corrected chi connectivity index (χ4v) is 2.46. The van der Waals surface area contributed by atoms with Gasteiger partial charge < -0.3 is 9.47 Å². The van der Waals surface area contributed by atoms with Crippen LogP contribution >= 0.6 is 15.9 Å². The molecule has 0 fully saturated rings. The molecule has 0 spiro atoms. The largest absolute Gasteiger partial charge is 0.497 e. The summed E-state index contributed by atoms with van der Waals surface area (Å²) in [7, 11) is 1.62. The summed E-state index contributed by atoms with van der Waals surface area (Å²) in [4.78, 5) is 11.7. The van der Waals surface area contributed by atoms with E-state index in [2.05, 4.69) is 26.2 Å². The zero-order valence-corrected chi connectivity index (χ0v) is 15.7. The number of nitrogens with zero attached hydrogens (tertiary/aromatic N) is 2. The van der Waals surface area contributed by atoms with Crippen LogP contribution in [0.4, 0.5) is 11.4 Å². The Morgan fingerprint density at radius 1 is 0.880 bits per heavy atom. The van der Waals surface area contributed by atoms with Gasteiger partial charge in [0.15, 0.2) is 0 Å². The molecule has 0 atom stereocenters. The van der Waals surface area contributed by atoms with Gasteiger partial charge in [-0.15, -0.1) is 0 Å². The Labute approximate surface area is 156 Å². The van der Waals surface area contributed by atoms with Crippen molar-refractivity contribution in [3.8, 4) is 11.5 Å². The number of halogens is 1. The number of methoxy groups -OCH3 is 1. The highest BCUT2D eigenvalue weighted by Crippen LogP contribution is 2.23. The predicted molar refractivity (Wildman–Crippen MR) is 102 cm³/mol. The lowest BCUT2D eigenvalue weighted by Gasteiger charge is -2.04. The van der Waals surface area contributed by atoms with E-state index in [1.165, 1.54) is 0 Å². The van der Waals surface area contributed by atoms with Gasteiger partial charge in [-0.1, -0.05) is 22.4 Å². The Bertz CT molecular complexity index is 685. The van der Waals surface area contributed by atoms with Gasteiger partial charge in [-0.05, 0) is 61.4 Å². The van der Waals surface area contributed by atoms with Crippen LogP contribution in [0.5, 0.6) is 11.5 Å². The lowest BCUT2D eigenvalue weighted by molar-refractivity contribution is -0.134. The fraction of sp³-hybridized carbons (Fsp3) is 0.316. The van der Waals surface area contributed by atoms with E-state index in [4.69, 9.17) is 9.47 Å². The molecule has 0 saturated heterocycles. The Morgan fingerprint density at radius 2 is 1.44 bits per heavy atom. The summed E-state index contributed by atoms with van der Waals surface area (Å²) >= 11 is 3.37. The van der Waals surface area contributed by atoms with Crippen LogP contribution in [0.2, 0.25) is 0 Å². The molecule has 0 aliphatic heterocycles. The van der Waals surface area contributed by atoms with Crippen molar-refractivity contribution in [3.05, 3.63) is 48.5 Å². The minimum absolute atomic E-state index is 0.206. The molecule has 5 nitrogen and oxygen atoms in total. The van der Waals surface area contributed by atoms with Crippen molar-refractivity contribution in [1.29, 1.82) is 0 Å². The maximum absolute atomic E-state index is 11.7. The lowest BCUT2D eigenvalue weighted by Crippen LogP contribution is -2.07. The van der Waals surface area contributed by atoms with Crippen LogP contribution in [-0.2, 0) is 4.79 Å². The Kier molecular flexibility index (Phi) is 8.12. The first-order valence-electron chi connectivity index (χ1n) is 8.14. The first-order chi connectivity index (χ1) is 12.2. The molecule has 0 amide bonds. The molecule has 0 bridgehead atoms. The topological polar surface area (TPSA) is 60.3 Å². The smallest absolute Gasteiger partial charge is 0.311 e. The van der Waals surface area contributed by atoms with E-state index < -0.39 is 0 Å². The molecular weight excluding hydrogens is 384 g/mol. The first kappa shape index (κ1) is 19.1. The summed E-state index contributed by atoms with van der Waals surface area (Å²) in [6.07, 6.45) is 3.37. The molecule has 0 heterocycles. The third-order valence-electron chi connectivity index (χ3n) is 3.44. The summed E-state index contributed by atoms with van der Waals surface area (Å²) in [6.45, 7) is 0. The summed E-state index contributed by atoms with van der Waals surface area (Å²) in [6, 6.07) is 14.3. The molecule has 2 rings (SSSR count). The highest BCUT2D eigenvalue weighted by Gasteiger charge is 2.04. The molecule has 2 aromatic carbocycles. The van der Waals surface area contributed by atoms with Gasteiger partial charge in [-0.25, -0.2) is 0 Å². The molecule has 0 aliphatic carbocycles. The van der Waals surface area contributed by atoms with Crippen molar-refractivity contribution in [2.45, 2.75) is 25.7 Å². The van der Waals surface area contributed by atoms with Crippen LogP contribution in [-0.4, -0.2) is 18.4 Å². The van der Waals surface area contributed by atoms with Crippen molar-refractivity contribution in [1.82, 2.24) is 0 Å². The molecule has 6 heteroatoms. The fourth-order valence-electron chi connectivity index (χ4n) is 2.07. The maximum Gasteiger partial charge on any atom is 0.311 e. The summed E-state index contributed by atoms with van der Waals surface area (Å²) in [5, 5.41) is 9.29. The molecular formula is C19H21BrN2O3. The second-order valence-corrected chi connectivity index (χ2v) is 6.16. The van der Waals surface area contributed by atoms with E-state index in [9.17, 15) is 4.79 Å². The van der Waals surface area contributed by atoms with Crippen molar-refractivity contribution >= 4 is 33.3 Å². The Balaban J connectivity index is 1.84. The summed E-state index contributed by atoms with van der Waals surface area (Å²) in [5.74, 6) is 1.09. The SMILES string of the molecule is COc1ccc(N=Nc2ccc(OC(=O)CCCCCBr)cc2)cc1. The Morgan fingerprint density at radius 3 is 1.96 bits per heavy atom. The van der Waals surface area contributed by atoms with Crippen LogP contribution in [0, 0.1) is 0 Å². The second kappa shape index (κ2) is 10.6. The zero-order valence-electron chi connectivity index (χ0n) is 14.2. The van der Waals surface area contributed by atoms with Gasteiger partial charge in [-0.2, -0.15) is 10.2 Å². The first-order valence-corrected chi connectivity index (χ1v) is 9.26. The molecule has 0 saturated carbocycles. The average molecular weight is 405 g/mol. The molecule has 25 heavy (non-hydrogen) atoms. The van der Waals surface area contributed by atoms with E-state index >= 15 is 0 Å². The van der Waals surface area contributed by atoms with Gasteiger partial charge in [0.2, 0.25) is 0 Å². The molecule has 0 radical (unpaired) electrons. The monoisotopic (exact) mass is 404 g/mol. The Hall–Kier alpha value is -2.21. The normalized spacial score (nSPS) is 10.8. The van der Waals surface area contributed by atoms with Gasteiger partial charge in [0.1, 0.15) is 11.5 Å². The molecule has 2 aromatic rings. The summed E-state index contributed by atoms with van der Waals surface area (Å²) in [5.41, 5.74) is 1.42. The number of unbranched alkanes of at least 4 members (excludes halogenated alkanes) is 2. The highest BCUT2D eigenvalue weighted by molar-refractivity contribution is 9.09. The maximum atomic E-state index is 11.7. The highest BCUT2D eigenvalue weighted by atomic mass is 79.9. The van der Waals surface area contributed by atoms with E-state index in [0.29, 0.717) is 17.9 Å². The third kappa shape index (κ3) is 7.05. The van der Waals surface area contributed by atoms with E-state index in [0.717, 1.165) is 36.0 Å². The molecule has 0 aromatic heterocycles. The molecule has 0 N–H and O–H groups in total. The molecule has 132 valence electrons. The summed E-state index contributed by atoms with van der Waals surface area (Å²) < 4.78 is 10.4. The molecule has 0 aliphatic rings. The number of hydrogen-bond donors (Lipinski definition) is 0. The minimum Gasteiger partial charge on any atom is -0.497 e. The van der Waals surface area contributed by atoms with Crippen LogP contribution in [0.25, 0.3) is 0 Å². The van der Waals surface area contributed by atoms with Crippen LogP contribution < -0.4 is 9.47 Å². The number of alkyl halides is 1. The average Bonchev–Trinajstić information content (AvgIpc) is 2.65. The van der Waals surface area contributed by atoms with Gasteiger partial charge in [0.05, 0.1) is 18.5 Å².